The van der Waals surface area contributed by atoms with E-state index < -0.39 is 12.2 Å². The molecular formula is C21H24F3N5OS. The predicted octanol–water partition coefficient (Wildman–Crippen LogP) is 5.00. The smallest absolute Gasteiger partial charge is 0.396 e. The maximum absolute atomic E-state index is 13.0. The van der Waals surface area contributed by atoms with E-state index in [1.807, 2.05) is 24.3 Å². The number of halogens is 3. The monoisotopic (exact) mass is 451 g/mol. The first kappa shape index (κ1) is 21.8. The highest BCUT2D eigenvalue weighted by Gasteiger charge is 2.37. The van der Waals surface area contributed by atoms with Crippen molar-refractivity contribution in [2.45, 2.75) is 51.4 Å². The molecule has 4 rings (SSSR count). The van der Waals surface area contributed by atoms with Crippen molar-refractivity contribution in [1.29, 1.82) is 0 Å². The summed E-state index contributed by atoms with van der Waals surface area (Å²) in [5.74, 6) is 0.604. The topological polar surface area (TPSA) is 83.0 Å². The van der Waals surface area contributed by atoms with Gasteiger partial charge in [-0.15, -0.1) is 11.3 Å². The zero-order valence-corrected chi connectivity index (χ0v) is 18.0. The third-order valence-corrected chi connectivity index (χ3v) is 6.63. The van der Waals surface area contributed by atoms with Gasteiger partial charge in [-0.1, -0.05) is 12.1 Å². The quantitative estimate of drug-likeness (QED) is 0.489. The molecule has 3 N–H and O–H groups in total. The molecule has 3 atom stereocenters. The number of fused-ring (bicyclic) bond motifs is 1. The van der Waals surface area contributed by atoms with Gasteiger partial charge in [-0.2, -0.15) is 18.2 Å². The molecule has 3 aromatic rings. The number of anilines is 2. The number of hydrogen-bond acceptors (Lipinski definition) is 7. The van der Waals surface area contributed by atoms with Gasteiger partial charge in [0, 0.05) is 12.6 Å². The number of nitrogens with zero attached hydrogens (tertiary/aromatic N) is 3. The van der Waals surface area contributed by atoms with Crippen molar-refractivity contribution in [3.63, 3.8) is 0 Å². The van der Waals surface area contributed by atoms with Gasteiger partial charge in [0.15, 0.2) is 0 Å². The Labute approximate surface area is 182 Å². The second-order valence-corrected chi connectivity index (χ2v) is 8.98. The highest BCUT2D eigenvalue weighted by Crippen LogP contribution is 2.38. The van der Waals surface area contributed by atoms with Crippen molar-refractivity contribution < 1.29 is 18.3 Å². The lowest BCUT2D eigenvalue weighted by Crippen LogP contribution is -2.34. The lowest BCUT2D eigenvalue weighted by atomic mass is 10.1. The van der Waals surface area contributed by atoms with Gasteiger partial charge in [-0.25, -0.2) is 9.97 Å². The summed E-state index contributed by atoms with van der Waals surface area (Å²) in [6.45, 7) is 2.92. The molecule has 1 aromatic carbocycles. The largest absolute Gasteiger partial charge is 0.408 e. The Kier molecular flexibility index (Phi) is 6.02. The van der Waals surface area contributed by atoms with E-state index in [1.165, 1.54) is 11.3 Å². The molecular weight excluding hydrogens is 427 g/mol. The van der Waals surface area contributed by atoms with Crippen LogP contribution in [0, 0.1) is 12.8 Å². The van der Waals surface area contributed by atoms with Crippen molar-refractivity contribution in [3.8, 4) is 10.6 Å². The SMILES string of the molecule is Cc1nc(N[C@@H](C)C(F)(F)F)nc(N[C@H]2CC[C@@H](CO)C2)c1-c1nc2ccccc2s1. The predicted molar refractivity (Wildman–Crippen MR) is 116 cm³/mol. The molecule has 2 aromatic heterocycles. The molecule has 1 fully saturated rings. The van der Waals surface area contributed by atoms with Crippen molar-refractivity contribution in [2.24, 2.45) is 5.92 Å². The van der Waals surface area contributed by atoms with E-state index in [9.17, 15) is 18.3 Å². The zero-order valence-electron chi connectivity index (χ0n) is 17.2. The number of hydrogen-bond donors (Lipinski definition) is 3. The number of aliphatic hydroxyl groups excluding tert-OH is 1. The van der Waals surface area contributed by atoms with Crippen LogP contribution in [-0.4, -0.2) is 44.9 Å². The minimum atomic E-state index is -4.41. The van der Waals surface area contributed by atoms with Crippen LogP contribution in [-0.2, 0) is 0 Å². The molecule has 1 aliphatic carbocycles. The lowest BCUT2D eigenvalue weighted by molar-refractivity contribution is -0.138. The van der Waals surface area contributed by atoms with Gasteiger partial charge in [0.1, 0.15) is 16.9 Å². The van der Waals surface area contributed by atoms with Gasteiger partial charge in [-0.05, 0) is 51.2 Å². The summed E-state index contributed by atoms with van der Waals surface area (Å²) < 4.78 is 40.1. The molecule has 1 aliphatic rings. The molecule has 10 heteroatoms. The number of nitrogens with one attached hydrogen (secondary N) is 2. The van der Waals surface area contributed by atoms with Gasteiger partial charge in [0.2, 0.25) is 5.95 Å². The van der Waals surface area contributed by atoms with Crippen LogP contribution in [0.3, 0.4) is 0 Å². The third-order valence-electron chi connectivity index (χ3n) is 5.57. The van der Waals surface area contributed by atoms with Crippen LogP contribution in [0.2, 0.25) is 0 Å². The Bertz CT molecular complexity index is 1040. The minimum Gasteiger partial charge on any atom is -0.396 e. The molecule has 0 spiro atoms. The maximum Gasteiger partial charge on any atom is 0.408 e. The van der Waals surface area contributed by atoms with E-state index >= 15 is 0 Å². The Morgan fingerprint density at radius 3 is 2.65 bits per heavy atom. The van der Waals surface area contributed by atoms with Gasteiger partial charge < -0.3 is 15.7 Å². The number of benzene rings is 1. The maximum atomic E-state index is 13.0. The van der Waals surface area contributed by atoms with E-state index in [0.29, 0.717) is 22.1 Å². The van der Waals surface area contributed by atoms with Crippen LogP contribution in [0.1, 0.15) is 31.9 Å². The molecule has 0 radical (unpaired) electrons. The molecule has 1 saturated carbocycles. The Morgan fingerprint density at radius 2 is 1.97 bits per heavy atom. The normalized spacial score (nSPS) is 20.2. The molecule has 0 aliphatic heterocycles. The molecule has 6 nitrogen and oxygen atoms in total. The molecule has 166 valence electrons. The summed E-state index contributed by atoms with van der Waals surface area (Å²) in [6, 6.07) is 6.04. The van der Waals surface area contributed by atoms with Gasteiger partial charge in [0.25, 0.3) is 0 Å². The van der Waals surface area contributed by atoms with Crippen LogP contribution >= 0.6 is 11.3 Å². The van der Waals surface area contributed by atoms with Crippen molar-refractivity contribution in [1.82, 2.24) is 15.0 Å². The number of aromatic nitrogens is 3. The third kappa shape index (κ3) is 4.74. The van der Waals surface area contributed by atoms with Gasteiger partial charge >= 0.3 is 6.18 Å². The average Bonchev–Trinajstić information content (AvgIpc) is 3.33. The summed E-state index contributed by atoms with van der Waals surface area (Å²) in [5.41, 5.74) is 2.09. The first-order valence-electron chi connectivity index (χ1n) is 10.2. The highest BCUT2D eigenvalue weighted by atomic mass is 32.1. The van der Waals surface area contributed by atoms with Gasteiger partial charge in [-0.3, -0.25) is 0 Å². The number of thiazole rings is 1. The van der Waals surface area contributed by atoms with E-state index in [-0.39, 0.29) is 24.5 Å². The summed E-state index contributed by atoms with van der Waals surface area (Å²) in [5, 5.41) is 15.9. The van der Waals surface area contributed by atoms with Crippen LogP contribution in [0.4, 0.5) is 24.9 Å². The second-order valence-electron chi connectivity index (χ2n) is 7.95. The second kappa shape index (κ2) is 8.58. The average molecular weight is 452 g/mol. The molecule has 2 heterocycles. The van der Waals surface area contributed by atoms with Crippen LogP contribution in [0.5, 0.6) is 0 Å². The molecule has 31 heavy (non-hydrogen) atoms. The number of para-hydroxylation sites is 1. The Balaban J connectivity index is 1.73. The fourth-order valence-electron chi connectivity index (χ4n) is 3.82. The molecule has 0 bridgehead atoms. The fraction of sp³-hybridized carbons (Fsp3) is 0.476. The Hall–Kier alpha value is -2.46. The summed E-state index contributed by atoms with van der Waals surface area (Å²) in [7, 11) is 0. The lowest BCUT2D eigenvalue weighted by Gasteiger charge is -2.21. The summed E-state index contributed by atoms with van der Waals surface area (Å²) >= 11 is 1.49. The summed E-state index contributed by atoms with van der Waals surface area (Å²) in [6.07, 6.45) is -1.88. The number of alkyl halides is 3. The molecule has 0 amide bonds. The molecule has 0 saturated heterocycles. The van der Waals surface area contributed by atoms with Crippen LogP contribution in [0.15, 0.2) is 24.3 Å². The van der Waals surface area contributed by atoms with Crippen molar-refractivity contribution in [3.05, 3.63) is 30.0 Å². The molecule has 0 unspecified atom stereocenters. The first-order valence-corrected chi connectivity index (χ1v) is 11.0. The van der Waals surface area contributed by atoms with Crippen LogP contribution in [0.25, 0.3) is 20.8 Å². The zero-order chi connectivity index (χ0) is 22.2. The van der Waals surface area contributed by atoms with E-state index in [2.05, 4.69) is 20.6 Å². The fourth-order valence-corrected chi connectivity index (χ4v) is 4.88. The highest BCUT2D eigenvalue weighted by molar-refractivity contribution is 7.21. The number of aryl methyl sites for hydroxylation is 1. The Morgan fingerprint density at radius 1 is 1.19 bits per heavy atom. The van der Waals surface area contributed by atoms with Gasteiger partial charge in [0.05, 0.1) is 21.5 Å². The first-order chi connectivity index (χ1) is 14.7. The van der Waals surface area contributed by atoms with Crippen molar-refractivity contribution in [2.75, 3.05) is 17.2 Å². The number of aliphatic hydroxyl groups is 1. The van der Waals surface area contributed by atoms with E-state index in [1.54, 1.807) is 6.92 Å². The van der Waals surface area contributed by atoms with E-state index in [4.69, 9.17) is 4.98 Å². The standard InChI is InChI=1S/C21H24F3N5OS/c1-11-17(19-28-15-5-3-4-6-16(15)31-19)18(27-14-8-7-13(9-14)10-30)29-20(25-11)26-12(2)21(22,23)24/h3-6,12-14,30H,7-10H2,1-2H3,(H2,25,26,27,29)/t12-,13+,14-/m0/s1. The minimum absolute atomic E-state index is 0.0764. The number of rotatable bonds is 6. The van der Waals surface area contributed by atoms with E-state index in [0.717, 1.165) is 36.4 Å². The van der Waals surface area contributed by atoms with Crippen molar-refractivity contribution >= 4 is 33.3 Å². The van der Waals surface area contributed by atoms with Crippen LogP contribution < -0.4 is 10.6 Å². The summed E-state index contributed by atoms with van der Waals surface area (Å²) in [4.78, 5) is 13.4.